The van der Waals surface area contributed by atoms with Crippen molar-refractivity contribution in [2.45, 2.75) is 32.5 Å². The number of hydrogen-bond acceptors (Lipinski definition) is 3. The van der Waals surface area contributed by atoms with Gasteiger partial charge in [0.2, 0.25) is 0 Å². The Morgan fingerprint density at radius 3 is 2.56 bits per heavy atom. The summed E-state index contributed by atoms with van der Waals surface area (Å²) in [6.45, 7) is 3.81. The molecule has 1 aromatic heterocycles. The minimum Gasteiger partial charge on any atom is -0.355 e. The van der Waals surface area contributed by atoms with E-state index in [0.29, 0.717) is 5.69 Å². The minimum atomic E-state index is -4.55. The summed E-state index contributed by atoms with van der Waals surface area (Å²) < 4.78 is 38.8. The molecule has 0 aliphatic carbocycles. The van der Waals surface area contributed by atoms with Crippen LogP contribution in [0.5, 0.6) is 0 Å². The number of aromatic nitrogens is 1. The summed E-state index contributed by atoms with van der Waals surface area (Å²) in [4.78, 5) is 16.1. The molecule has 0 spiro atoms. The Hall–Kier alpha value is -2.28. The second-order valence-corrected chi connectivity index (χ2v) is 5.94. The van der Waals surface area contributed by atoms with E-state index in [0.717, 1.165) is 12.5 Å². The molecule has 2 rings (SSSR count). The maximum Gasteiger partial charge on any atom is 0.417 e. The number of alkyl halides is 3. The van der Waals surface area contributed by atoms with Crippen LogP contribution in [0.15, 0.2) is 36.5 Å². The fraction of sp³-hybridized carbons (Fsp3) is 0.294. The minimum absolute atomic E-state index is 0.00322. The first kappa shape index (κ1) is 19.1. The number of nitrogens with one attached hydrogen (secondary N) is 2. The highest BCUT2D eigenvalue weighted by Crippen LogP contribution is 2.36. The number of rotatable bonds is 5. The Morgan fingerprint density at radius 1 is 1.24 bits per heavy atom. The van der Waals surface area contributed by atoms with Crippen LogP contribution in [0.2, 0.25) is 5.02 Å². The van der Waals surface area contributed by atoms with Gasteiger partial charge in [-0.2, -0.15) is 13.2 Å². The lowest BCUT2D eigenvalue weighted by molar-refractivity contribution is -0.137. The maximum absolute atomic E-state index is 12.9. The molecule has 0 aliphatic heterocycles. The summed E-state index contributed by atoms with van der Waals surface area (Å²) >= 11 is 5.60. The summed E-state index contributed by atoms with van der Waals surface area (Å²) in [5, 5.41) is 5.23. The highest BCUT2D eigenvalue weighted by molar-refractivity contribution is 6.31. The molecule has 0 radical (unpaired) electrons. The first-order valence-corrected chi connectivity index (χ1v) is 7.99. The van der Waals surface area contributed by atoms with Crippen molar-refractivity contribution < 1.29 is 18.0 Å². The van der Waals surface area contributed by atoms with Crippen molar-refractivity contribution in [3.63, 3.8) is 0 Å². The SMILES string of the molecule is CCC(C)NC(=O)c1cc(Nc2ccc(Cl)c(C(F)(F)F)c2)ccn1. The van der Waals surface area contributed by atoms with Crippen LogP contribution >= 0.6 is 11.6 Å². The second kappa shape index (κ2) is 7.74. The average molecular weight is 372 g/mol. The standard InChI is InChI=1S/C17H17ClF3N3O/c1-3-10(2)23-16(25)15-9-12(6-7-22-15)24-11-4-5-14(18)13(8-11)17(19,20)21/h4-10H,3H2,1-2H3,(H,22,24)(H,23,25). The average Bonchev–Trinajstić information content (AvgIpc) is 2.55. The van der Waals surface area contributed by atoms with Gasteiger partial charge in [0, 0.05) is 23.6 Å². The fourth-order valence-corrected chi connectivity index (χ4v) is 2.24. The molecular formula is C17H17ClF3N3O. The molecule has 2 aromatic rings. The van der Waals surface area contributed by atoms with Crippen LogP contribution in [0.4, 0.5) is 24.5 Å². The predicted molar refractivity (Wildman–Crippen MR) is 91.2 cm³/mol. The van der Waals surface area contributed by atoms with E-state index in [9.17, 15) is 18.0 Å². The Balaban J connectivity index is 2.21. The number of pyridine rings is 1. The van der Waals surface area contributed by atoms with Crippen LogP contribution < -0.4 is 10.6 Å². The van der Waals surface area contributed by atoms with Crippen molar-refractivity contribution in [2.24, 2.45) is 0 Å². The van der Waals surface area contributed by atoms with E-state index in [1.165, 1.54) is 24.4 Å². The third-order valence-electron chi connectivity index (χ3n) is 3.54. The van der Waals surface area contributed by atoms with Gasteiger partial charge in [-0.1, -0.05) is 18.5 Å². The number of amides is 1. The largest absolute Gasteiger partial charge is 0.417 e. The van der Waals surface area contributed by atoms with E-state index >= 15 is 0 Å². The van der Waals surface area contributed by atoms with Crippen molar-refractivity contribution in [1.29, 1.82) is 0 Å². The maximum atomic E-state index is 12.9. The van der Waals surface area contributed by atoms with Gasteiger partial charge < -0.3 is 10.6 Å². The van der Waals surface area contributed by atoms with Crippen molar-refractivity contribution >= 4 is 28.9 Å². The fourth-order valence-electron chi connectivity index (χ4n) is 2.02. The van der Waals surface area contributed by atoms with Crippen molar-refractivity contribution in [2.75, 3.05) is 5.32 Å². The first-order chi connectivity index (χ1) is 11.7. The lowest BCUT2D eigenvalue weighted by atomic mass is 10.2. The van der Waals surface area contributed by atoms with Gasteiger partial charge in [0.05, 0.1) is 10.6 Å². The number of benzene rings is 1. The molecule has 0 fully saturated rings. The summed E-state index contributed by atoms with van der Waals surface area (Å²) in [6.07, 6.45) is -2.36. The number of nitrogens with zero attached hydrogens (tertiary/aromatic N) is 1. The zero-order chi connectivity index (χ0) is 18.6. The highest BCUT2D eigenvalue weighted by Gasteiger charge is 2.33. The predicted octanol–water partition coefficient (Wildman–Crippen LogP) is 5.03. The van der Waals surface area contributed by atoms with Gasteiger partial charge in [0.25, 0.3) is 5.91 Å². The van der Waals surface area contributed by atoms with Gasteiger partial charge in [-0.15, -0.1) is 0 Å². The van der Waals surface area contributed by atoms with Gasteiger partial charge in [-0.25, -0.2) is 0 Å². The van der Waals surface area contributed by atoms with E-state index in [1.807, 2.05) is 13.8 Å². The number of carbonyl (C=O) groups excluding carboxylic acids is 1. The van der Waals surface area contributed by atoms with E-state index in [1.54, 1.807) is 6.07 Å². The monoisotopic (exact) mass is 371 g/mol. The van der Waals surface area contributed by atoms with E-state index in [4.69, 9.17) is 11.6 Å². The van der Waals surface area contributed by atoms with Crippen LogP contribution in [-0.4, -0.2) is 16.9 Å². The summed E-state index contributed by atoms with van der Waals surface area (Å²) in [5.41, 5.74) is -0.103. The number of hydrogen-bond donors (Lipinski definition) is 2. The topological polar surface area (TPSA) is 54.0 Å². The molecule has 134 valence electrons. The van der Waals surface area contributed by atoms with Crippen molar-refractivity contribution in [3.8, 4) is 0 Å². The molecule has 1 heterocycles. The molecule has 8 heteroatoms. The summed E-state index contributed by atoms with van der Waals surface area (Å²) in [5.74, 6) is -0.343. The molecule has 0 bridgehead atoms. The molecule has 25 heavy (non-hydrogen) atoms. The normalized spacial score (nSPS) is 12.6. The third-order valence-corrected chi connectivity index (χ3v) is 3.87. The molecule has 2 N–H and O–H groups in total. The molecule has 0 aliphatic rings. The van der Waals surface area contributed by atoms with Gasteiger partial charge in [0.1, 0.15) is 5.69 Å². The third kappa shape index (κ3) is 5.09. The molecule has 4 nitrogen and oxygen atoms in total. The van der Waals surface area contributed by atoms with Crippen LogP contribution in [0.25, 0.3) is 0 Å². The Morgan fingerprint density at radius 2 is 1.92 bits per heavy atom. The zero-order valence-electron chi connectivity index (χ0n) is 13.6. The molecule has 0 saturated heterocycles. The molecule has 1 unspecified atom stereocenters. The smallest absolute Gasteiger partial charge is 0.355 e. The van der Waals surface area contributed by atoms with Crippen LogP contribution in [0.3, 0.4) is 0 Å². The Labute approximate surface area is 148 Å². The van der Waals surface area contributed by atoms with E-state index < -0.39 is 11.7 Å². The van der Waals surface area contributed by atoms with Gasteiger partial charge in [-0.05, 0) is 43.7 Å². The first-order valence-electron chi connectivity index (χ1n) is 7.61. The molecular weight excluding hydrogens is 355 g/mol. The summed E-state index contributed by atoms with van der Waals surface area (Å²) in [7, 11) is 0. The number of halogens is 4. The quantitative estimate of drug-likeness (QED) is 0.775. The lowest BCUT2D eigenvalue weighted by Crippen LogP contribution is -2.32. The molecule has 1 amide bonds. The summed E-state index contributed by atoms with van der Waals surface area (Å²) in [6, 6.07) is 6.54. The van der Waals surface area contributed by atoms with E-state index in [-0.39, 0.29) is 28.4 Å². The van der Waals surface area contributed by atoms with Crippen molar-refractivity contribution in [1.82, 2.24) is 10.3 Å². The highest BCUT2D eigenvalue weighted by atomic mass is 35.5. The van der Waals surface area contributed by atoms with Crippen LogP contribution in [0, 0.1) is 0 Å². The lowest BCUT2D eigenvalue weighted by Gasteiger charge is -2.13. The van der Waals surface area contributed by atoms with Crippen LogP contribution in [0.1, 0.15) is 36.3 Å². The van der Waals surface area contributed by atoms with Gasteiger partial charge in [-0.3, -0.25) is 9.78 Å². The van der Waals surface area contributed by atoms with Gasteiger partial charge in [0.15, 0.2) is 0 Å². The Bertz CT molecular complexity index is 765. The van der Waals surface area contributed by atoms with Gasteiger partial charge >= 0.3 is 6.18 Å². The number of carbonyl (C=O) groups is 1. The molecule has 0 saturated carbocycles. The zero-order valence-corrected chi connectivity index (χ0v) is 14.4. The molecule has 1 atom stereocenters. The second-order valence-electron chi connectivity index (χ2n) is 5.53. The Kier molecular flexibility index (Phi) is 5.89. The van der Waals surface area contributed by atoms with Crippen molar-refractivity contribution in [3.05, 3.63) is 52.8 Å². The number of anilines is 2. The molecule has 1 aromatic carbocycles. The van der Waals surface area contributed by atoms with E-state index in [2.05, 4.69) is 15.6 Å². The van der Waals surface area contributed by atoms with Crippen LogP contribution in [-0.2, 0) is 6.18 Å².